The second-order valence-corrected chi connectivity index (χ2v) is 8.27. The maximum Gasteiger partial charge on any atom is 0.271 e. The lowest BCUT2D eigenvalue weighted by atomic mass is 10.0. The van der Waals surface area contributed by atoms with Crippen LogP contribution in [0.3, 0.4) is 0 Å². The first kappa shape index (κ1) is 22.1. The molecule has 0 atom stereocenters. The van der Waals surface area contributed by atoms with Crippen molar-refractivity contribution in [3.8, 4) is 28.4 Å². The fourth-order valence-corrected chi connectivity index (χ4v) is 3.84. The number of non-ortho nitro benzene ring substituents is 1. The molecule has 0 spiro atoms. The van der Waals surface area contributed by atoms with Gasteiger partial charge in [-0.2, -0.15) is 5.10 Å². The summed E-state index contributed by atoms with van der Waals surface area (Å²) in [5, 5.41) is 18.9. The van der Waals surface area contributed by atoms with Crippen LogP contribution in [-0.2, 0) is 6.54 Å². The smallest absolute Gasteiger partial charge is 0.271 e. The Hall–Kier alpha value is -4.66. The van der Waals surface area contributed by atoms with Crippen LogP contribution < -0.4 is 14.8 Å². The molecule has 1 aromatic heterocycles. The second kappa shape index (κ2) is 8.94. The van der Waals surface area contributed by atoms with Crippen molar-refractivity contribution in [3.05, 3.63) is 99.2 Å². The van der Waals surface area contributed by atoms with Gasteiger partial charge in [0.05, 0.1) is 16.3 Å². The summed E-state index contributed by atoms with van der Waals surface area (Å²) in [5.41, 5.74) is 5.13. The van der Waals surface area contributed by atoms with Crippen LogP contribution in [0, 0.1) is 24.0 Å². The average Bonchev–Trinajstić information content (AvgIpc) is 3.51. The molecular weight excluding hydrogens is 448 g/mol. The molecule has 1 N–H and O–H groups in total. The number of nitro groups is 1. The number of hydrogen-bond acceptors (Lipinski definition) is 6. The van der Waals surface area contributed by atoms with E-state index in [1.165, 1.54) is 16.8 Å². The van der Waals surface area contributed by atoms with E-state index in [9.17, 15) is 14.9 Å². The number of nitrogens with zero attached hydrogens (tertiary/aromatic N) is 3. The summed E-state index contributed by atoms with van der Waals surface area (Å²) < 4.78 is 12.2. The molecule has 35 heavy (non-hydrogen) atoms. The minimum atomic E-state index is -0.476. The van der Waals surface area contributed by atoms with E-state index in [0.717, 1.165) is 22.3 Å². The molecule has 0 aliphatic carbocycles. The van der Waals surface area contributed by atoms with Crippen molar-refractivity contribution < 1.29 is 19.2 Å². The number of carbonyl (C=O) groups excluding carboxylic acids is 1. The van der Waals surface area contributed by atoms with Gasteiger partial charge in [-0.25, -0.2) is 4.68 Å². The number of fused-ring (bicyclic) bond motifs is 1. The van der Waals surface area contributed by atoms with Crippen molar-refractivity contribution in [2.24, 2.45) is 0 Å². The molecule has 0 unspecified atom stereocenters. The average molecular weight is 470 g/mol. The van der Waals surface area contributed by atoms with Crippen LogP contribution in [0.25, 0.3) is 16.9 Å². The van der Waals surface area contributed by atoms with Gasteiger partial charge in [0.15, 0.2) is 11.5 Å². The number of nitrogens with one attached hydrogen (secondary N) is 1. The van der Waals surface area contributed by atoms with Gasteiger partial charge in [-0.3, -0.25) is 14.9 Å². The van der Waals surface area contributed by atoms with Crippen LogP contribution in [0.15, 0.2) is 66.7 Å². The summed E-state index contributed by atoms with van der Waals surface area (Å²) in [7, 11) is 0. The third-order valence-corrected chi connectivity index (χ3v) is 5.92. The van der Waals surface area contributed by atoms with Crippen molar-refractivity contribution in [3.63, 3.8) is 0 Å². The number of benzene rings is 3. The molecule has 0 fully saturated rings. The van der Waals surface area contributed by atoms with E-state index >= 15 is 0 Å². The molecule has 4 aromatic rings. The topological polar surface area (TPSA) is 109 Å². The van der Waals surface area contributed by atoms with Gasteiger partial charge in [-0.1, -0.05) is 24.3 Å². The molecule has 176 valence electrons. The molecule has 9 nitrogen and oxygen atoms in total. The van der Waals surface area contributed by atoms with Crippen molar-refractivity contribution in [1.82, 2.24) is 15.1 Å². The SMILES string of the molecule is Cc1ccc(-c2cc(C(=O)NCc3ccc4c(c3)OCO4)n(-c3cccc([N+](=O)[O-])c3)n2)cc1C. The summed E-state index contributed by atoms with van der Waals surface area (Å²) >= 11 is 0. The fraction of sp³-hybridized carbons (Fsp3) is 0.154. The van der Waals surface area contributed by atoms with Gasteiger partial charge >= 0.3 is 0 Å². The van der Waals surface area contributed by atoms with Crippen LogP contribution in [-0.4, -0.2) is 27.4 Å². The molecule has 0 saturated carbocycles. The number of carbonyl (C=O) groups is 1. The zero-order valence-corrected chi connectivity index (χ0v) is 19.1. The molecule has 5 rings (SSSR count). The monoisotopic (exact) mass is 470 g/mol. The third kappa shape index (κ3) is 4.43. The van der Waals surface area contributed by atoms with Crippen LogP contribution in [0.4, 0.5) is 5.69 Å². The van der Waals surface area contributed by atoms with Crippen molar-refractivity contribution >= 4 is 11.6 Å². The minimum absolute atomic E-state index is 0.0857. The van der Waals surface area contributed by atoms with E-state index in [4.69, 9.17) is 9.47 Å². The largest absolute Gasteiger partial charge is 0.454 e. The first-order chi connectivity index (χ1) is 16.9. The zero-order valence-electron chi connectivity index (χ0n) is 19.1. The quantitative estimate of drug-likeness (QED) is 0.323. The van der Waals surface area contributed by atoms with Gasteiger partial charge in [-0.05, 0) is 60.9 Å². The maximum absolute atomic E-state index is 13.3. The molecule has 9 heteroatoms. The summed E-state index contributed by atoms with van der Waals surface area (Å²) in [6, 6.07) is 19.2. The van der Waals surface area contributed by atoms with Crippen LogP contribution in [0.1, 0.15) is 27.2 Å². The summed E-state index contributed by atoms with van der Waals surface area (Å²) in [6.45, 7) is 4.47. The first-order valence-corrected chi connectivity index (χ1v) is 11.0. The van der Waals surface area contributed by atoms with Crippen LogP contribution >= 0.6 is 0 Å². The Morgan fingerprint density at radius 1 is 1.03 bits per heavy atom. The van der Waals surface area contributed by atoms with Crippen molar-refractivity contribution in [2.75, 3.05) is 6.79 Å². The van der Waals surface area contributed by atoms with Gasteiger partial charge in [0.2, 0.25) is 6.79 Å². The Kier molecular flexibility index (Phi) is 5.66. The van der Waals surface area contributed by atoms with Crippen molar-refractivity contribution in [2.45, 2.75) is 20.4 Å². The number of ether oxygens (including phenoxy) is 2. The highest BCUT2D eigenvalue weighted by molar-refractivity contribution is 5.94. The number of rotatable bonds is 6. The fourth-order valence-electron chi connectivity index (χ4n) is 3.84. The highest BCUT2D eigenvalue weighted by Crippen LogP contribution is 2.32. The molecule has 1 aliphatic rings. The van der Waals surface area contributed by atoms with Gasteiger partial charge in [0.25, 0.3) is 11.6 Å². The molecule has 1 aliphatic heterocycles. The molecular formula is C26H22N4O5. The molecule has 0 saturated heterocycles. The Morgan fingerprint density at radius 2 is 1.86 bits per heavy atom. The predicted molar refractivity (Wildman–Crippen MR) is 129 cm³/mol. The van der Waals surface area contributed by atoms with E-state index < -0.39 is 4.92 Å². The van der Waals surface area contributed by atoms with E-state index in [2.05, 4.69) is 10.4 Å². The van der Waals surface area contributed by atoms with E-state index in [1.54, 1.807) is 24.3 Å². The first-order valence-electron chi connectivity index (χ1n) is 11.0. The van der Waals surface area contributed by atoms with Gasteiger partial charge in [0, 0.05) is 24.2 Å². The van der Waals surface area contributed by atoms with Gasteiger partial charge in [-0.15, -0.1) is 0 Å². The zero-order chi connectivity index (χ0) is 24.5. The van der Waals surface area contributed by atoms with Crippen molar-refractivity contribution in [1.29, 1.82) is 0 Å². The number of aryl methyl sites for hydroxylation is 2. The number of nitro benzene ring substituents is 1. The molecule has 1 amide bonds. The highest BCUT2D eigenvalue weighted by atomic mass is 16.7. The molecule has 2 heterocycles. The lowest BCUT2D eigenvalue weighted by molar-refractivity contribution is -0.384. The third-order valence-electron chi connectivity index (χ3n) is 5.92. The van der Waals surface area contributed by atoms with Gasteiger partial charge in [0.1, 0.15) is 5.69 Å². The minimum Gasteiger partial charge on any atom is -0.454 e. The van der Waals surface area contributed by atoms with Crippen LogP contribution in [0.2, 0.25) is 0 Å². The Labute approximate surface area is 201 Å². The Morgan fingerprint density at radius 3 is 2.66 bits per heavy atom. The number of amides is 1. The molecule has 0 radical (unpaired) electrons. The Bertz CT molecular complexity index is 1460. The predicted octanol–water partition coefficient (Wildman–Crippen LogP) is 4.72. The maximum atomic E-state index is 13.3. The molecule has 0 bridgehead atoms. The van der Waals surface area contributed by atoms with Crippen LogP contribution in [0.5, 0.6) is 11.5 Å². The number of hydrogen-bond donors (Lipinski definition) is 1. The highest BCUT2D eigenvalue weighted by Gasteiger charge is 2.20. The van der Waals surface area contributed by atoms with E-state index in [0.29, 0.717) is 22.9 Å². The summed E-state index contributed by atoms with van der Waals surface area (Å²) in [6.07, 6.45) is 0. The summed E-state index contributed by atoms with van der Waals surface area (Å²) in [4.78, 5) is 24.1. The normalized spacial score (nSPS) is 11.9. The Balaban J connectivity index is 1.49. The number of aromatic nitrogens is 2. The lowest BCUT2D eigenvalue weighted by Gasteiger charge is -2.09. The summed E-state index contributed by atoms with van der Waals surface area (Å²) in [5.74, 6) is 0.939. The standard InChI is InChI=1S/C26H22N4O5/c1-16-6-8-19(10-17(16)2)22-13-23(29(28-22)20-4-3-5-21(12-20)30(32)33)26(31)27-14-18-7-9-24-25(11-18)35-15-34-24/h3-13H,14-15H2,1-2H3,(H,27,31). The van der Waals surface area contributed by atoms with Gasteiger partial charge < -0.3 is 14.8 Å². The molecule has 3 aromatic carbocycles. The second-order valence-electron chi connectivity index (χ2n) is 8.27. The van der Waals surface area contributed by atoms with E-state index in [1.807, 2.05) is 44.2 Å². The van der Waals surface area contributed by atoms with E-state index in [-0.39, 0.29) is 30.6 Å². The lowest BCUT2D eigenvalue weighted by Crippen LogP contribution is -2.25.